The highest BCUT2D eigenvalue weighted by atomic mass is 32.2. The SMILES string of the molecule is CCCNC(=O)CN(C)[C@@H](C)C(=O)Nc1cccc(S(=O)(=O)N(C)C)c1. The molecule has 0 unspecified atom stereocenters. The number of nitrogens with zero attached hydrogens (tertiary/aromatic N) is 2. The summed E-state index contributed by atoms with van der Waals surface area (Å²) in [7, 11) is 0.997. The number of amides is 2. The summed E-state index contributed by atoms with van der Waals surface area (Å²) >= 11 is 0. The van der Waals surface area contributed by atoms with E-state index in [1.54, 1.807) is 31.0 Å². The van der Waals surface area contributed by atoms with Crippen LogP contribution in [0.5, 0.6) is 0 Å². The smallest absolute Gasteiger partial charge is 0.242 e. The van der Waals surface area contributed by atoms with Crippen LogP contribution in [-0.4, -0.2) is 69.7 Å². The number of carbonyl (C=O) groups excluding carboxylic acids is 2. The summed E-state index contributed by atoms with van der Waals surface area (Å²) < 4.78 is 25.5. The van der Waals surface area contributed by atoms with E-state index in [9.17, 15) is 18.0 Å². The van der Waals surface area contributed by atoms with Gasteiger partial charge >= 0.3 is 0 Å². The summed E-state index contributed by atoms with van der Waals surface area (Å²) in [6.45, 7) is 4.34. The maximum Gasteiger partial charge on any atom is 0.242 e. The van der Waals surface area contributed by atoms with E-state index in [1.807, 2.05) is 6.92 Å². The molecule has 0 aliphatic rings. The van der Waals surface area contributed by atoms with Crippen molar-refractivity contribution in [2.24, 2.45) is 0 Å². The molecule has 9 heteroatoms. The van der Waals surface area contributed by atoms with Crippen LogP contribution in [0.1, 0.15) is 20.3 Å². The second-order valence-corrected chi connectivity index (χ2v) is 8.40. The van der Waals surface area contributed by atoms with Gasteiger partial charge in [0.2, 0.25) is 21.8 Å². The lowest BCUT2D eigenvalue weighted by atomic mass is 10.2. The van der Waals surface area contributed by atoms with Crippen LogP contribution >= 0.6 is 0 Å². The van der Waals surface area contributed by atoms with Crippen LogP contribution in [0.25, 0.3) is 0 Å². The number of nitrogens with one attached hydrogen (secondary N) is 2. The highest BCUT2D eigenvalue weighted by molar-refractivity contribution is 7.89. The van der Waals surface area contributed by atoms with Gasteiger partial charge in [-0.3, -0.25) is 14.5 Å². The van der Waals surface area contributed by atoms with Gasteiger partial charge in [-0.1, -0.05) is 13.0 Å². The second kappa shape index (κ2) is 9.65. The predicted molar refractivity (Wildman–Crippen MR) is 101 cm³/mol. The summed E-state index contributed by atoms with van der Waals surface area (Å²) in [6.07, 6.45) is 0.845. The lowest BCUT2D eigenvalue weighted by molar-refractivity contribution is -0.124. The number of likely N-dealkylation sites (N-methyl/N-ethyl adjacent to an activating group) is 1. The molecule has 0 saturated carbocycles. The molecule has 1 rings (SSSR count). The molecule has 0 bridgehead atoms. The number of hydrogen-bond donors (Lipinski definition) is 2. The van der Waals surface area contributed by atoms with E-state index in [2.05, 4.69) is 10.6 Å². The van der Waals surface area contributed by atoms with Gasteiger partial charge in [-0.05, 0) is 38.6 Å². The maximum atomic E-state index is 12.4. The molecule has 2 N–H and O–H groups in total. The summed E-state index contributed by atoms with van der Waals surface area (Å²) in [5, 5.41) is 5.45. The fourth-order valence-electron chi connectivity index (χ4n) is 2.08. The molecule has 0 aliphatic heterocycles. The zero-order valence-corrected chi connectivity index (χ0v) is 16.8. The van der Waals surface area contributed by atoms with E-state index < -0.39 is 16.1 Å². The van der Waals surface area contributed by atoms with Gasteiger partial charge in [0, 0.05) is 26.3 Å². The zero-order valence-electron chi connectivity index (χ0n) is 15.9. The van der Waals surface area contributed by atoms with Crippen molar-refractivity contribution in [2.75, 3.05) is 39.5 Å². The first-order chi connectivity index (χ1) is 12.1. The molecule has 1 aromatic rings. The highest BCUT2D eigenvalue weighted by Crippen LogP contribution is 2.18. The molecule has 0 aliphatic carbocycles. The van der Waals surface area contributed by atoms with Gasteiger partial charge in [-0.25, -0.2) is 12.7 Å². The van der Waals surface area contributed by atoms with Crippen molar-refractivity contribution >= 4 is 27.5 Å². The third-order valence-corrected chi connectivity index (χ3v) is 5.70. The molecule has 0 heterocycles. The molecule has 26 heavy (non-hydrogen) atoms. The van der Waals surface area contributed by atoms with Crippen molar-refractivity contribution in [3.05, 3.63) is 24.3 Å². The van der Waals surface area contributed by atoms with Crippen molar-refractivity contribution in [3.8, 4) is 0 Å². The Morgan fingerprint density at radius 2 is 1.85 bits per heavy atom. The third kappa shape index (κ3) is 6.08. The van der Waals surface area contributed by atoms with E-state index in [0.717, 1.165) is 10.7 Å². The van der Waals surface area contributed by atoms with Gasteiger partial charge in [0.25, 0.3) is 0 Å². The number of carbonyl (C=O) groups is 2. The van der Waals surface area contributed by atoms with Gasteiger partial charge in [-0.15, -0.1) is 0 Å². The minimum atomic E-state index is -3.58. The lowest BCUT2D eigenvalue weighted by Crippen LogP contribution is -2.44. The molecule has 8 nitrogen and oxygen atoms in total. The fourth-order valence-corrected chi connectivity index (χ4v) is 3.02. The monoisotopic (exact) mass is 384 g/mol. The Bertz CT molecular complexity index is 734. The number of rotatable bonds is 9. The molecule has 0 radical (unpaired) electrons. The zero-order chi connectivity index (χ0) is 19.9. The average Bonchev–Trinajstić information content (AvgIpc) is 2.59. The van der Waals surface area contributed by atoms with Crippen LogP contribution in [0.4, 0.5) is 5.69 Å². The van der Waals surface area contributed by atoms with Crippen molar-refractivity contribution in [2.45, 2.75) is 31.2 Å². The van der Waals surface area contributed by atoms with Crippen molar-refractivity contribution in [1.29, 1.82) is 0 Å². The summed E-state index contributed by atoms with van der Waals surface area (Å²) in [5.41, 5.74) is 0.383. The van der Waals surface area contributed by atoms with Crippen LogP contribution in [0.15, 0.2) is 29.2 Å². The van der Waals surface area contributed by atoms with Crippen LogP contribution in [0.2, 0.25) is 0 Å². The molecular formula is C17H28N4O4S. The highest BCUT2D eigenvalue weighted by Gasteiger charge is 2.21. The fraction of sp³-hybridized carbons (Fsp3) is 0.529. The summed E-state index contributed by atoms with van der Waals surface area (Å²) in [5.74, 6) is -0.469. The van der Waals surface area contributed by atoms with E-state index in [1.165, 1.54) is 26.2 Å². The quantitative estimate of drug-likeness (QED) is 0.654. The molecule has 2 amide bonds. The van der Waals surface area contributed by atoms with Crippen LogP contribution in [-0.2, 0) is 19.6 Å². The largest absolute Gasteiger partial charge is 0.355 e. The second-order valence-electron chi connectivity index (χ2n) is 6.25. The van der Waals surface area contributed by atoms with Crippen LogP contribution < -0.4 is 10.6 Å². The van der Waals surface area contributed by atoms with Gasteiger partial charge in [0.1, 0.15) is 0 Å². The predicted octanol–water partition coefficient (Wildman–Crippen LogP) is 0.722. The first kappa shape index (κ1) is 22.1. The normalized spacial score (nSPS) is 12.9. The number of sulfonamides is 1. The van der Waals surface area contributed by atoms with E-state index in [-0.39, 0.29) is 23.3 Å². The Morgan fingerprint density at radius 1 is 1.19 bits per heavy atom. The Kier molecular flexibility index (Phi) is 8.19. The Labute approximate surface area is 155 Å². The van der Waals surface area contributed by atoms with E-state index in [4.69, 9.17) is 0 Å². The van der Waals surface area contributed by atoms with Gasteiger partial charge in [0.05, 0.1) is 17.5 Å². The van der Waals surface area contributed by atoms with Gasteiger partial charge in [-0.2, -0.15) is 0 Å². The molecule has 146 valence electrons. The van der Waals surface area contributed by atoms with Crippen LogP contribution in [0.3, 0.4) is 0 Å². The number of benzene rings is 1. The Morgan fingerprint density at radius 3 is 2.42 bits per heavy atom. The Balaban J connectivity index is 2.77. The minimum Gasteiger partial charge on any atom is -0.355 e. The minimum absolute atomic E-state index is 0.0975. The molecule has 0 fully saturated rings. The van der Waals surface area contributed by atoms with E-state index in [0.29, 0.717) is 12.2 Å². The molecule has 0 aromatic heterocycles. The molecule has 0 spiro atoms. The first-order valence-corrected chi connectivity index (χ1v) is 9.84. The lowest BCUT2D eigenvalue weighted by Gasteiger charge is -2.23. The Hall–Kier alpha value is -1.97. The van der Waals surface area contributed by atoms with Crippen molar-refractivity contribution in [3.63, 3.8) is 0 Å². The topological polar surface area (TPSA) is 98.8 Å². The number of anilines is 1. The molecule has 1 aromatic carbocycles. The molecular weight excluding hydrogens is 356 g/mol. The van der Waals surface area contributed by atoms with E-state index >= 15 is 0 Å². The first-order valence-electron chi connectivity index (χ1n) is 8.40. The van der Waals surface area contributed by atoms with Crippen LogP contribution in [0, 0.1) is 0 Å². The van der Waals surface area contributed by atoms with Gasteiger partial charge in [0.15, 0.2) is 0 Å². The summed E-state index contributed by atoms with van der Waals surface area (Å²) in [4.78, 5) is 25.9. The third-order valence-electron chi connectivity index (χ3n) is 3.89. The average molecular weight is 385 g/mol. The standard InChI is InChI=1S/C17H28N4O4S/c1-6-10-18-16(22)12-21(5)13(2)17(23)19-14-8-7-9-15(11-14)26(24,25)20(3)4/h7-9,11,13H,6,10,12H2,1-5H3,(H,18,22)(H,19,23)/t13-/m0/s1. The number of hydrogen-bond acceptors (Lipinski definition) is 5. The van der Waals surface area contributed by atoms with Gasteiger partial charge < -0.3 is 10.6 Å². The summed E-state index contributed by atoms with van der Waals surface area (Å²) in [6, 6.07) is 5.51. The van der Waals surface area contributed by atoms with Crippen molar-refractivity contribution < 1.29 is 18.0 Å². The van der Waals surface area contributed by atoms with Crippen molar-refractivity contribution in [1.82, 2.24) is 14.5 Å². The molecule has 1 atom stereocenters. The molecule has 0 saturated heterocycles. The maximum absolute atomic E-state index is 12.4.